The van der Waals surface area contributed by atoms with E-state index in [4.69, 9.17) is 0 Å². The van der Waals surface area contributed by atoms with E-state index >= 15 is 0 Å². The fraction of sp³-hybridized carbons (Fsp3) is 0.364. The van der Waals surface area contributed by atoms with E-state index < -0.39 is 0 Å². The fourth-order valence-corrected chi connectivity index (χ4v) is 4.00. The number of carbonyl (C=O) groups excluding carboxylic acids is 2. The second-order valence-corrected chi connectivity index (χ2v) is 7.70. The van der Waals surface area contributed by atoms with Gasteiger partial charge in [0.25, 0.3) is 11.8 Å². The average molecular weight is 363 g/mol. The first-order valence-electron chi connectivity index (χ1n) is 9.55. The molecule has 1 fully saturated rings. The highest BCUT2D eigenvalue weighted by Gasteiger charge is 2.38. The van der Waals surface area contributed by atoms with Crippen LogP contribution in [0, 0.1) is 0 Å². The van der Waals surface area contributed by atoms with E-state index in [1.54, 1.807) is 12.1 Å². The van der Waals surface area contributed by atoms with Crippen molar-refractivity contribution < 1.29 is 9.59 Å². The topological polar surface area (TPSA) is 52.7 Å². The third kappa shape index (κ3) is 3.07. The van der Waals surface area contributed by atoms with Crippen LogP contribution in [0.2, 0.25) is 0 Å². The Bertz CT molecular complexity index is 889. The van der Waals surface area contributed by atoms with Gasteiger partial charge in [0.2, 0.25) is 0 Å². The zero-order valence-electron chi connectivity index (χ0n) is 16.0. The summed E-state index contributed by atoms with van der Waals surface area (Å²) < 4.78 is 0. The maximum absolute atomic E-state index is 12.7. The Labute approximate surface area is 160 Å². The van der Waals surface area contributed by atoms with Crippen LogP contribution in [0.4, 0.5) is 11.4 Å². The smallest absolute Gasteiger partial charge is 0.257 e. The molecule has 0 radical (unpaired) electrons. The van der Waals surface area contributed by atoms with Crippen molar-refractivity contribution in [3.8, 4) is 0 Å². The van der Waals surface area contributed by atoms with Gasteiger partial charge in [-0.1, -0.05) is 26.0 Å². The normalized spacial score (nSPS) is 18.5. The largest absolute Gasteiger partial charge is 0.354 e. The van der Waals surface area contributed by atoms with Gasteiger partial charge < -0.3 is 15.1 Å². The van der Waals surface area contributed by atoms with Gasteiger partial charge in [-0.3, -0.25) is 9.59 Å². The molecule has 2 aliphatic heterocycles. The quantitative estimate of drug-likeness (QED) is 0.894. The van der Waals surface area contributed by atoms with E-state index in [9.17, 15) is 9.59 Å². The summed E-state index contributed by atoms with van der Waals surface area (Å²) in [6.07, 6.45) is 2.10. The van der Waals surface area contributed by atoms with Crippen LogP contribution in [-0.4, -0.2) is 36.5 Å². The monoisotopic (exact) mass is 363 g/mol. The second-order valence-electron chi connectivity index (χ2n) is 7.70. The zero-order valence-corrected chi connectivity index (χ0v) is 16.0. The predicted molar refractivity (Wildman–Crippen MR) is 107 cm³/mol. The van der Waals surface area contributed by atoms with Crippen LogP contribution in [0.15, 0.2) is 42.5 Å². The van der Waals surface area contributed by atoms with E-state index in [1.807, 2.05) is 42.3 Å². The van der Waals surface area contributed by atoms with E-state index in [-0.39, 0.29) is 18.0 Å². The summed E-state index contributed by atoms with van der Waals surface area (Å²) >= 11 is 0. The van der Waals surface area contributed by atoms with Crippen molar-refractivity contribution in [1.29, 1.82) is 0 Å². The van der Waals surface area contributed by atoms with Crippen molar-refractivity contribution >= 4 is 23.2 Å². The van der Waals surface area contributed by atoms with Gasteiger partial charge in [0, 0.05) is 24.8 Å². The first-order valence-corrected chi connectivity index (χ1v) is 9.55. The molecule has 0 aromatic heterocycles. The summed E-state index contributed by atoms with van der Waals surface area (Å²) in [4.78, 5) is 29.5. The highest BCUT2D eigenvalue weighted by atomic mass is 16.2. The van der Waals surface area contributed by atoms with Crippen LogP contribution >= 0.6 is 0 Å². The lowest BCUT2D eigenvalue weighted by atomic mass is 10.0. The van der Waals surface area contributed by atoms with Crippen LogP contribution in [0.1, 0.15) is 58.9 Å². The third-order valence-corrected chi connectivity index (χ3v) is 5.63. The summed E-state index contributed by atoms with van der Waals surface area (Å²) in [5, 5.41) is 2.95. The lowest BCUT2D eigenvalue weighted by Crippen LogP contribution is -2.50. The molecule has 0 unspecified atom stereocenters. The Balaban J connectivity index is 1.57. The summed E-state index contributed by atoms with van der Waals surface area (Å²) in [5.74, 6) is 0.366. The molecule has 5 nitrogen and oxygen atoms in total. The molecule has 0 spiro atoms. The summed E-state index contributed by atoms with van der Waals surface area (Å²) in [6, 6.07) is 13.3. The maximum atomic E-state index is 12.7. The van der Waals surface area contributed by atoms with Crippen molar-refractivity contribution in [3.63, 3.8) is 0 Å². The lowest BCUT2D eigenvalue weighted by Gasteiger charge is -2.40. The van der Waals surface area contributed by atoms with Crippen LogP contribution < -0.4 is 10.2 Å². The predicted octanol–water partition coefficient (Wildman–Crippen LogP) is 4.07. The molecule has 2 aromatic carbocycles. The molecule has 140 valence electrons. The van der Waals surface area contributed by atoms with E-state index in [0.717, 1.165) is 30.8 Å². The zero-order chi connectivity index (χ0) is 19.1. The number of benzene rings is 2. The van der Waals surface area contributed by atoms with Crippen molar-refractivity contribution in [2.75, 3.05) is 23.8 Å². The number of nitrogens with one attached hydrogen (secondary N) is 1. The number of hydrogen-bond acceptors (Lipinski definition) is 3. The summed E-state index contributed by atoms with van der Waals surface area (Å²) in [7, 11) is 2.00. The average Bonchev–Trinajstić information content (AvgIpc) is 3.16. The van der Waals surface area contributed by atoms with Gasteiger partial charge in [-0.25, -0.2) is 0 Å². The molecule has 27 heavy (non-hydrogen) atoms. The Morgan fingerprint density at radius 2 is 1.89 bits per heavy atom. The maximum Gasteiger partial charge on any atom is 0.257 e. The summed E-state index contributed by atoms with van der Waals surface area (Å²) in [6.45, 7) is 5.09. The van der Waals surface area contributed by atoms with Gasteiger partial charge in [-0.15, -0.1) is 0 Å². The van der Waals surface area contributed by atoms with Gasteiger partial charge in [-0.05, 0) is 54.7 Å². The fourth-order valence-electron chi connectivity index (χ4n) is 4.00. The molecule has 2 aliphatic rings. The van der Waals surface area contributed by atoms with Crippen molar-refractivity contribution in [1.82, 2.24) is 4.90 Å². The highest BCUT2D eigenvalue weighted by Crippen LogP contribution is 2.35. The summed E-state index contributed by atoms with van der Waals surface area (Å²) in [5.41, 5.74) is 4.09. The molecule has 0 bridgehead atoms. The van der Waals surface area contributed by atoms with Crippen molar-refractivity contribution in [3.05, 3.63) is 59.2 Å². The minimum absolute atomic E-state index is 0.0711. The second kappa shape index (κ2) is 6.72. The molecule has 1 N–H and O–H groups in total. The minimum Gasteiger partial charge on any atom is -0.354 e. The molecule has 2 heterocycles. The van der Waals surface area contributed by atoms with Crippen molar-refractivity contribution in [2.45, 2.75) is 38.8 Å². The Kier molecular flexibility index (Phi) is 4.38. The Morgan fingerprint density at radius 1 is 1.15 bits per heavy atom. The lowest BCUT2D eigenvalue weighted by molar-refractivity contribution is 0.0719. The number of hydrogen-bond donors (Lipinski definition) is 1. The molecule has 0 aliphatic carbocycles. The third-order valence-electron chi connectivity index (χ3n) is 5.63. The first-order chi connectivity index (χ1) is 13.0. The molecule has 5 heteroatoms. The van der Waals surface area contributed by atoms with E-state index in [2.05, 4.69) is 24.1 Å². The molecule has 1 atom stereocenters. The van der Waals surface area contributed by atoms with Crippen molar-refractivity contribution in [2.24, 2.45) is 0 Å². The van der Waals surface area contributed by atoms with Gasteiger partial charge in [-0.2, -0.15) is 0 Å². The molecule has 1 saturated heterocycles. The number of anilines is 2. The number of carbonyl (C=O) groups is 2. The standard InChI is InChI=1S/C22H25N3O2/c1-14(2)15-6-9-17(10-7-15)23-21(26)16-8-11-18-19(13-16)24(3)20-5-4-12-25(20)22(18)27/h6-11,13-14,20H,4-5,12H2,1-3H3,(H,23,26)/t20-/m0/s1. The van der Waals surface area contributed by atoms with E-state index in [0.29, 0.717) is 17.0 Å². The van der Waals surface area contributed by atoms with Gasteiger partial charge in [0.05, 0.1) is 11.3 Å². The van der Waals surface area contributed by atoms with Gasteiger partial charge >= 0.3 is 0 Å². The van der Waals surface area contributed by atoms with Gasteiger partial charge in [0.1, 0.15) is 6.17 Å². The van der Waals surface area contributed by atoms with Gasteiger partial charge in [0.15, 0.2) is 0 Å². The molecule has 2 amide bonds. The minimum atomic E-state index is -0.162. The number of amides is 2. The molecular weight excluding hydrogens is 338 g/mol. The van der Waals surface area contributed by atoms with Crippen LogP contribution in [0.3, 0.4) is 0 Å². The molecule has 2 aromatic rings. The Morgan fingerprint density at radius 3 is 2.59 bits per heavy atom. The van der Waals surface area contributed by atoms with Crippen LogP contribution in [0.25, 0.3) is 0 Å². The number of fused-ring (bicyclic) bond motifs is 2. The molecule has 0 saturated carbocycles. The Hall–Kier alpha value is -2.82. The number of nitrogens with zero attached hydrogens (tertiary/aromatic N) is 2. The van der Waals surface area contributed by atoms with Crippen LogP contribution in [0.5, 0.6) is 0 Å². The van der Waals surface area contributed by atoms with Crippen LogP contribution in [-0.2, 0) is 0 Å². The SMILES string of the molecule is CC(C)c1ccc(NC(=O)c2ccc3c(c2)N(C)[C@@H]2CCCN2C3=O)cc1. The first kappa shape index (κ1) is 17.6. The molecule has 4 rings (SSSR count). The highest BCUT2D eigenvalue weighted by molar-refractivity contribution is 6.08. The number of rotatable bonds is 3. The molecular formula is C22H25N3O2. The van der Waals surface area contributed by atoms with E-state index in [1.165, 1.54) is 5.56 Å².